The maximum Gasteiger partial charge on any atom is 0.126 e. The molecule has 0 aliphatic carbocycles. The molecule has 0 fully saturated rings. The highest BCUT2D eigenvalue weighted by Gasteiger charge is 2.15. The normalized spacial score (nSPS) is 12.8. The van der Waals surface area contributed by atoms with Gasteiger partial charge in [0.2, 0.25) is 0 Å². The zero-order valence-electron chi connectivity index (χ0n) is 12.7. The van der Waals surface area contributed by atoms with E-state index in [-0.39, 0.29) is 17.8 Å². The van der Waals surface area contributed by atoms with E-state index in [9.17, 15) is 4.39 Å². The standard InChI is InChI=1S/C16H26FNO2/c1-13(2)20-10-8-14(12-18-9-11-19-3)15-6-4-5-7-16(15)17/h4-7,13-14,18H,8-12H2,1-3H3. The molecule has 1 rings (SSSR count). The molecule has 0 bridgehead atoms. The van der Waals surface area contributed by atoms with Crippen LogP contribution in [0.3, 0.4) is 0 Å². The minimum Gasteiger partial charge on any atom is -0.383 e. The Hall–Kier alpha value is -0.970. The molecule has 4 heteroatoms. The van der Waals surface area contributed by atoms with Gasteiger partial charge in [0.05, 0.1) is 12.7 Å². The first-order valence-electron chi connectivity index (χ1n) is 7.20. The summed E-state index contributed by atoms with van der Waals surface area (Å²) in [6.45, 7) is 6.82. The van der Waals surface area contributed by atoms with Gasteiger partial charge in [0.25, 0.3) is 0 Å². The number of hydrogen-bond donors (Lipinski definition) is 1. The molecule has 0 aromatic heterocycles. The highest BCUT2D eigenvalue weighted by molar-refractivity contribution is 5.22. The minimum absolute atomic E-state index is 0.117. The van der Waals surface area contributed by atoms with E-state index < -0.39 is 0 Å². The Balaban J connectivity index is 2.56. The van der Waals surface area contributed by atoms with Gasteiger partial charge in [-0.15, -0.1) is 0 Å². The van der Waals surface area contributed by atoms with Crippen LogP contribution in [-0.4, -0.2) is 39.5 Å². The number of nitrogens with one attached hydrogen (secondary N) is 1. The van der Waals surface area contributed by atoms with E-state index in [4.69, 9.17) is 9.47 Å². The third-order valence-corrected chi connectivity index (χ3v) is 3.14. The molecule has 0 saturated carbocycles. The van der Waals surface area contributed by atoms with Crippen LogP contribution >= 0.6 is 0 Å². The lowest BCUT2D eigenvalue weighted by Gasteiger charge is -2.19. The van der Waals surface area contributed by atoms with Gasteiger partial charge in [-0.05, 0) is 31.9 Å². The summed E-state index contributed by atoms with van der Waals surface area (Å²) in [4.78, 5) is 0. The summed E-state index contributed by atoms with van der Waals surface area (Å²) < 4.78 is 24.5. The van der Waals surface area contributed by atoms with Gasteiger partial charge in [0.1, 0.15) is 5.82 Å². The molecule has 20 heavy (non-hydrogen) atoms. The zero-order chi connectivity index (χ0) is 14.8. The van der Waals surface area contributed by atoms with Gasteiger partial charge in [0, 0.05) is 32.7 Å². The Morgan fingerprint density at radius 3 is 2.60 bits per heavy atom. The highest BCUT2D eigenvalue weighted by atomic mass is 19.1. The molecule has 1 aromatic carbocycles. The summed E-state index contributed by atoms with van der Waals surface area (Å²) >= 11 is 0. The molecule has 0 saturated heterocycles. The van der Waals surface area contributed by atoms with E-state index in [1.807, 2.05) is 26.0 Å². The molecule has 1 aromatic rings. The molecule has 0 radical (unpaired) electrons. The Kier molecular flexibility index (Phi) is 8.42. The molecule has 0 aliphatic rings. The molecule has 0 spiro atoms. The van der Waals surface area contributed by atoms with E-state index in [0.29, 0.717) is 13.2 Å². The van der Waals surface area contributed by atoms with Crippen molar-refractivity contribution in [2.75, 3.05) is 33.4 Å². The topological polar surface area (TPSA) is 30.5 Å². The van der Waals surface area contributed by atoms with Crippen molar-refractivity contribution in [2.45, 2.75) is 32.3 Å². The first kappa shape index (κ1) is 17.1. The first-order valence-corrected chi connectivity index (χ1v) is 7.20. The largest absolute Gasteiger partial charge is 0.383 e. The maximum absolute atomic E-state index is 13.9. The average molecular weight is 283 g/mol. The van der Waals surface area contributed by atoms with E-state index in [1.54, 1.807) is 13.2 Å². The van der Waals surface area contributed by atoms with Crippen LogP contribution in [0.4, 0.5) is 4.39 Å². The maximum atomic E-state index is 13.9. The number of benzene rings is 1. The van der Waals surface area contributed by atoms with Crippen molar-refractivity contribution in [1.82, 2.24) is 5.32 Å². The summed E-state index contributed by atoms with van der Waals surface area (Å²) in [7, 11) is 1.67. The second kappa shape index (κ2) is 9.86. The van der Waals surface area contributed by atoms with Crippen LogP contribution < -0.4 is 5.32 Å². The molecular weight excluding hydrogens is 257 g/mol. The van der Waals surface area contributed by atoms with Gasteiger partial charge in [-0.3, -0.25) is 0 Å². The quantitative estimate of drug-likeness (QED) is 0.670. The lowest BCUT2D eigenvalue weighted by molar-refractivity contribution is 0.0730. The van der Waals surface area contributed by atoms with Crippen LogP contribution in [0, 0.1) is 5.82 Å². The van der Waals surface area contributed by atoms with Crippen molar-refractivity contribution < 1.29 is 13.9 Å². The van der Waals surface area contributed by atoms with E-state index in [0.717, 1.165) is 25.1 Å². The molecular formula is C16H26FNO2. The van der Waals surface area contributed by atoms with Crippen molar-refractivity contribution in [2.24, 2.45) is 0 Å². The van der Waals surface area contributed by atoms with Crippen LogP contribution in [0.5, 0.6) is 0 Å². The van der Waals surface area contributed by atoms with E-state index >= 15 is 0 Å². The van der Waals surface area contributed by atoms with Gasteiger partial charge in [-0.2, -0.15) is 0 Å². The summed E-state index contributed by atoms with van der Waals surface area (Å²) in [5.74, 6) is -0.0256. The predicted octanol–water partition coefficient (Wildman–Crippen LogP) is 2.96. The molecule has 3 nitrogen and oxygen atoms in total. The van der Waals surface area contributed by atoms with Gasteiger partial charge < -0.3 is 14.8 Å². The number of ether oxygens (including phenoxy) is 2. The van der Waals surface area contributed by atoms with Gasteiger partial charge in [0.15, 0.2) is 0 Å². The van der Waals surface area contributed by atoms with E-state index in [2.05, 4.69) is 5.32 Å². The van der Waals surface area contributed by atoms with Crippen LogP contribution in [-0.2, 0) is 9.47 Å². The Morgan fingerprint density at radius 1 is 1.20 bits per heavy atom. The lowest BCUT2D eigenvalue weighted by Crippen LogP contribution is -2.26. The molecule has 1 N–H and O–H groups in total. The average Bonchev–Trinajstić information content (AvgIpc) is 2.42. The molecule has 114 valence electrons. The Labute approximate surface area is 121 Å². The lowest BCUT2D eigenvalue weighted by atomic mass is 9.95. The molecule has 1 unspecified atom stereocenters. The second-order valence-corrected chi connectivity index (χ2v) is 5.12. The predicted molar refractivity (Wildman–Crippen MR) is 79.6 cm³/mol. The highest BCUT2D eigenvalue weighted by Crippen LogP contribution is 2.22. The number of methoxy groups -OCH3 is 1. The summed E-state index contributed by atoms with van der Waals surface area (Å²) in [6.07, 6.45) is 1.01. The Bertz CT molecular complexity index is 371. The summed E-state index contributed by atoms with van der Waals surface area (Å²) in [6, 6.07) is 6.97. The molecule has 0 heterocycles. The van der Waals surface area contributed by atoms with Gasteiger partial charge in [-0.1, -0.05) is 18.2 Å². The van der Waals surface area contributed by atoms with Gasteiger partial charge in [-0.25, -0.2) is 4.39 Å². The number of hydrogen-bond acceptors (Lipinski definition) is 3. The SMILES string of the molecule is COCCNCC(CCOC(C)C)c1ccccc1F. The van der Waals surface area contributed by atoms with Crippen LogP contribution in [0.1, 0.15) is 31.7 Å². The first-order chi connectivity index (χ1) is 9.65. The van der Waals surface area contributed by atoms with Crippen LogP contribution in [0.2, 0.25) is 0 Å². The van der Waals surface area contributed by atoms with Crippen molar-refractivity contribution in [3.05, 3.63) is 35.6 Å². The third kappa shape index (κ3) is 6.46. The van der Waals surface area contributed by atoms with Gasteiger partial charge >= 0.3 is 0 Å². The van der Waals surface area contributed by atoms with Crippen LogP contribution in [0.15, 0.2) is 24.3 Å². The van der Waals surface area contributed by atoms with Crippen molar-refractivity contribution in [3.8, 4) is 0 Å². The third-order valence-electron chi connectivity index (χ3n) is 3.14. The second-order valence-electron chi connectivity index (χ2n) is 5.12. The number of halogens is 1. The van der Waals surface area contributed by atoms with Crippen molar-refractivity contribution in [1.29, 1.82) is 0 Å². The van der Waals surface area contributed by atoms with Crippen molar-refractivity contribution >= 4 is 0 Å². The molecule has 0 aliphatic heterocycles. The Morgan fingerprint density at radius 2 is 1.95 bits per heavy atom. The minimum atomic E-state index is -0.143. The molecule has 1 atom stereocenters. The fourth-order valence-corrected chi connectivity index (χ4v) is 2.07. The molecule has 0 amide bonds. The summed E-state index contributed by atoms with van der Waals surface area (Å²) in [5, 5.41) is 3.30. The van der Waals surface area contributed by atoms with E-state index in [1.165, 1.54) is 6.07 Å². The van der Waals surface area contributed by atoms with Crippen LogP contribution in [0.25, 0.3) is 0 Å². The van der Waals surface area contributed by atoms with Crippen molar-refractivity contribution in [3.63, 3.8) is 0 Å². The number of rotatable bonds is 10. The monoisotopic (exact) mass is 283 g/mol. The fourth-order valence-electron chi connectivity index (χ4n) is 2.07. The smallest absolute Gasteiger partial charge is 0.126 e. The fraction of sp³-hybridized carbons (Fsp3) is 0.625. The zero-order valence-corrected chi connectivity index (χ0v) is 12.7. The summed E-state index contributed by atoms with van der Waals surface area (Å²) in [5.41, 5.74) is 0.754.